The van der Waals surface area contributed by atoms with Gasteiger partial charge in [0.2, 0.25) is 0 Å². The summed E-state index contributed by atoms with van der Waals surface area (Å²) in [6.07, 6.45) is 6.61. The number of benzene rings is 1. The first kappa shape index (κ1) is 33.2. The van der Waals surface area contributed by atoms with E-state index in [1.165, 1.54) is 24.9 Å². The quantitative estimate of drug-likeness (QED) is 0.0848. The molecule has 246 valence electrons. The van der Waals surface area contributed by atoms with Crippen molar-refractivity contribution in [2.24, 2.45) is 12.2 Å². The van der Waals surface area contributed by atoms with Gasteiger partial charge in [0.1, 0.15) is 30.6 Å². The number of amides is 2. The Hall–Kier alpha value is -4.12. The van der Waals surface area contributed by atoms with Gasteiger partial charge in [-0.25, -0.2) is 9.55 Å². The van der Waals surface area contributed by atoms with E-state index in [2.05, 4.69) is 62.7 Å². The number of oxime groups is 1. The second-order valence-electron chi connectivity index (χ2n) is 11.7. The minimum Gasteiger partial charge on any atom is -0.486 e. The number of fused-ring (bicyclic) bond motifs is 1. The number of carbonyl (C=O) groups excluding carboxylic acids is 2. The first-order valence-electron chi connectivity index (χ1n) is 14.8. The Morgan fingerprint density at radius 3 is 2.72 bits per heavy atom. The van der Waals surface area contributed by atoms with Crippen molar-refractivity contribution in [3.05, 3.63) is 58.9 Å². The molecule has 3 aromatic rings. The zero-order valence-electron chi connectivity index (χ0n) is 25.9. The van der Waals surface area contributed by atoms with E-state index in [0.717, 1.165) is 59.5 Å². The smallest absolute Gasteiger partial charge is 0.418 e. The van der Waals surface area contributed by atoms with Crippen LogP contribution in [-0.4, -0.2) is 64.8 Å². The number of aromatic nitrogens is 2. The third-order valence-electron chi connectivity index (χ3n) is 7.97. The van der Waals surface area contributed by atoms with Gasteiger partial charge in [-0.2, -0.15) is 13.5 Å². The van der Waals surface area contributed by atoms with E-state index in [1.807, 2.05) is 12.1 Å². The summed E-state index contributed by atoms with van der Waals surface area (Å²) in [7, 11) is -2.87. The molecule has 1 saturated heterocycles. The zero-order chi connectivity index (χ0) is 33.2. The normalized spacial score (nSPS) is 19.2. The van der Waals surface area contributed by atoms with Crippen molar-refractivity contribution in [3.63, 3.8) is 0 Å². The summed E-state index contributed by atoms with van der Waals surface area (Å²) in [6, 6.07) is 9.27. The number of aryl methyl sites for hydroxylation is 3. The second-order valence-corrected chi connectivity index (χ2v) is 13.6. The van der Waals surface area contributed by atoms with E-state index >= 15 is 0 Å². The summed E-state index contributed by atoms with van der Waals surface area (Å²) in [5.41, 5.74) is 8.98. The molecule has 0 spiro atoms. The predicted molar refractivity (Wildman–Crippen MR) is 169 cm³/mol. The molecule has 0 bridgehead atoms. The number of rotatable bonds is 12. The van der Waals surface area contributed by atoms with Gasteiger partial charge in [-0.3, -0.25) is 14.1 Å². The third kappa shape index (κ3) is 7.30. The number of hydrogen-bond acceptors (Lipinski definition) is 11. The van der Waals surface area contributed by atoms with Crippen molar-refractivity contribution in [3.8, 4) is 16.9 Å². The molecule has 14 nitrogen and oxygen atoms in total. The SMILES string of the molecule is CCCCc1ccc(-c2ccc3c(c2)CC[C@H](CO/N=C(\C(=O)N[C@@H]2C(=O)N(OS(=O)(=O)O)C2(C)C)c2csc(N)n2)O3)c[n+]1C. The molecule has 1 aromatic carbocycles. The Balaban J connectivity index is 1.23. The molecule has 2 aromatic heterocycles. The Kier molecular flexibility index (Phi) is 9.62. The average molecular weight is 674 g/mol. The highest BCUT2D eigenvalue weighted by Crippen LogP contribution is 2.34. The standard InChI is InChI=1S/C30H36N6O8S2/c1-5-6-7-21-11-8-20(15-35(21)4)18-10-13-24-19(14-18)9-12-22(43-24)16-42-34-25(23-17-45-29(31)32-23)27(37)33-26-28(38)36(30(26,2)3)44-46(39,40)41/h8,10-11,13-15,17,22,26H,5-7,9,12,16H2,1-4H3,(H3-,31,32,33,37,39,40,41)/p+1/b34-25-/t22-,26-/m1/s1. The molecule has 0 saturated carbocycles. The fourth-order valence-electron chi connectivity index (χ4n) is 5.37. The fraction of sp³-hybridized carbons (Fsp3) is 0.433. The predicted octanol–water partition coefficient (Wildman–Crippen LogP) is 2.51. The summed E-state index contributed by atoms with van der Waals surface area (Å²) in [5, 5.41) is 8.71. The molecule has 46 heavy (non-hydrogen) atoms. The molecule has 16 heteroatoms. The van der Waals surface area contributed by atoms with Gasteiger partial charge in [-0.1, -0.05) is 24.6 Å². The van der Waals surface area contributed by atoms with Crippen LogP contribution in [0.2, 0.25) is 0 Å². The second kappa shape index (κ2) is 13.3. The highest BCUT2D eigenvalue weighted by molar-refractivity contribution is 7.80. The molecule has 0 unspecified atom stereocenters. The maximum atomic E-state index is 13.3. The van der Waals surface area contributed by atoms with Crippen LogP contribution in [0, 0.1) is 0 Å². The maximum absolute atomic E-state index is 13.3. The number of carbonyl (C=O) groups is 2. The van der Waals surface area contributed by atoms with Crippen molar-refractivity contribution in [2.75, 3.05) is 12.3 Å². The number of β-lactam (4-membered cyclic amide) rings is 1. The van der Waals surface area contributed by atoms with E-state index in [9.17, 15) is 18.0 Å². The number of nitrogens with two attached hydrogens (primary N) is 1. The monoisotopic (exact) mass is 673 g/mol. The fourth-order valence-corrected chi connectivity index (χ4v) is 6.38. The minimum absolute atomic E-state index is 0.0382. The number of pyridine rings is 1. The van der Waals surface area contributed by atoms with Crippen LogP contribution in [0.4, 0.5) is 5.13 Å². The van der Waals surface area contributed by atoms with Gasteiger partial charge >= 0.3 is 10.4 Å². The number of nitrogens with zero attached hydrogens (tertiary/aromatic N) is 4. The van der Waals surface area contributed by atoms with Gasteiger partial charge < -0.3 is 20.6 Å². The Bertz CT molecular complexity index is 1770. The van der Waals surface area contributed by atoms with Crippen LogP contribution >= 0.6 is 11.3 Å². The van der Waals surface area contributed by atoms with Gasteiger partial charge in [-0.05, 0) is 62.4 Å². The van der Waals surface area contributed by atoms with Crippen molar-refractivity contribution in [1.82, 2.24) is 15.4 Å². The molecule has 2 aliphatic rings. The van der Waals surface area contributed by atoms with Crippen molar-refractivity contribution in [2.45, 2.75) is 70.6 Å². The first-order chi connectivity index (χ1) is 21.8. The number of unbranched alkanes of at least 4 members (excludes halogenated alkanes) is 1. The minimum atomic E-state index is -4.95. The lowest BCUT2D eigenvalue weighted by molar-refractivity contribution is -0.678. The van der Waals surface area contributed by atoms with Gasteiger partial charge in [0.05, 0.1) is 5.54 Å². The van der Waals surface area contributed by atoms with Crippen molar-refractivity contribution >= 4 is 44.4 Å². The molecule has 5 rings (SSSR count). The van der Waals surface area contributed by atoms with Gasteiger partial charge in [0.15, 0.2) is 29.3 Å². The van der Waals surface area contributed by atoms with Crippen LogP contribution in [0.3, 0.4) is 0 Å². The maximum Gasteiger partial charge on any atom is 0.418 e. The molecule has 4 heterocycles. The van der Waals surface area contributed by atoms with E-state index in [0.29, 0.717) is 11.5 Å². The van der Waals surface area contributed by atoms with Gasteiger partial charge in [0.25, 0.3) is 11.8 Å². The summed E-state index contributed by atoms with van der Waals surface area (Å²) in [6.45, 7) is 5.12. The Morgan fingerprint density at radius 1 is 1.30 bits per heavy atom. The number of thiazole rings is 1. The number of nitrogen functional groups attached to an aromatic ring is 1. The van der Waals surface area contributed by atoms with Crippen LogP contribution in [0.5, 0.6) is 5.75 Å². The van der Waals surface area contributed by atoms with E-state index in [4.69, 9.17) is 19.9 Å². The molecule has 2 amide bonds. The summed E-state index contributed by atoms with van der Waals surface area (Å²) >= 11 is 1.09. The highest BCUT2D eigenvalue weighted by atomic mass is 32.3. The van der Waals surface area contributed by atoms with Crippen molar-refractivity contribution < 1.29 is 41.0 Å². The van der Waals surface area contributed by atoms with E-state index in [-0.39, 0.29) is 29.2 Å². The third-order valence-corrected chi connectivity index (χ3v) is 8.98. The molecule has 2 atom stereocenters. The molecular formula is C30H37N6O8S2+. The topological polar surface area (TPSA) is 187 Å². The molecular weight excluding hydrogens is 636 g/mol. The van der Waals surface area contributed by atoms with Gasteiger partial charge in [0, 0.05) is 23.4 Å². The van der Waals surface area contributed by atoms with Crippen LogP contribution in [0.15, 0.2) is 47.1 Å². The summed E-state index contributed by atoms with van der Waals surface area (Å²) in [4.78, 5) is 35.5. The lowest BCUT2D eigenvalue weighted by Gasteiger charge is -2.50. The van der Waals surface area contributed by atoms with Crippen LogP contribution < -0.4 is 20.4 Å². The number of nitrogens with one attached hydrogen (secondary N) is 1. The summed E-state index contributed by atoms with van der Waals surface area (Å²) in [5.74, 6) is -0.939. The van der Waals surface area contributed by atoms with E-state index in [1.54, 1.807) is 0 Å². The molecule has 0 aliphatic carbocycles. The number of hydrogen-bond donors (Lipinski definition) is 3. The van der Waals surface area contributed by atoms with Crippen LogP contribution in [-0.2, 0) is 49.0 Å². The lowest BCUT2D eigenvalue weighted by Crippen LogP contribution is -2.76. The van der Waals surface area contributed by atoms with Crippen molar-refractivity contribution in [1.29, 1.82) is 0 Å². The van der Waals surface area contributed by atoms with Gasteiger partial charge in [-0.15, -0.1) is 15.6 Å². The van der Waals surface area contributed by atoms with Crippen LogP contribution in [0.25, 0.3) is 11.1 Å². The number of hydroxylamine groups is 2. The van der Waals surface area contributed by atoms with E-state index < -0.39 is 33.8 Å². The highest BCUT2D eigenvalue weighted by Gasteiger charge is 2.58. The average Bonchev–Trinajstić information content (AvgIpc) is 3.44. The zero-order valence-corrected chi connectivity index (χ0v) is 27.6. The molecule has 2 aliphatic heterocycles. The first-order valence-corrected chi connectivity index (χ1v) is 17.0. The number of anilines is 1. The lowest BCUT2D eigenvalue weighted by atomic mass is 9.84. The molecule has 0 radical (unpaired) electrons. The molecule has 1 fully saturated rings. The Labute approximate surface area is 271 Å². The molecule has 4 N–H and O–H groups in total. The van der Waals surface area contributed by atoms with Crippen LogP contribution in [0.1, 0.15) is 57.0 Å². The summed E-state index contributed by atoms with van der Waals surface area (Å²) < 4.78 is 43.9. The number of ether oxygens (including phenoxy) is 1. The Morgan fingerprint density at radius 2 is 2.07 bits per heavy atom. The largest absolute Gasteiger partial charge is 0.486 e.